The standard InChI is InChI=1S/C20H28N2O2/c1-16(2)19-6-4-18(5-7-19)8-10-20(14-22-12-11-21-15-22)23-13-9-17(3)24-20/h4-7,11-12,15-17H,8-10,13-14H2,1-3H3. The van der Waals surface area contributed by atoms with E-state index in [2.05, 4.69) is 50.0 Å². The Hall–Kier alpha value is -1.65. The average Bonchev–Trinajstić information content (AvgIpc) is 3.06. The number of ether oxygens (including phenoxy) is 2. The number of nitrogens with zero attached hydrogens (tertiary/aromatic N) is 2. The molecule has 0 saturated carbocycles. The molecule has 2 atom stereocenters. The van der Waals surface area contributed by atoms with Crippen molar-refractivity contribution in [3.63, 3.8) is 0 Å². The first kappa shape index (κ1) is 17.2. The summed E-state index contributed by atoms with van der Waals surface area (Å²) in [4.78, 5) is 4.13. The van der Waals surface area contributed by atoms with E-state index in [-0.39, 0.29) is 6.10 Å². The van der Waals surface area contributed by atoms with E-state index >= 15 is 0 Å². The molecule has 3 rings (SSSR count). The lowest BCUT2D eigenvalue weighted by Gasteiger charge is -2.40. The monoisotopic (exact) mass is 328 g/mol. The molecular formula is C20H28N2O2. The van der Waals surface area contributed by atoms with Gasteiger partial charge in [0.2, 0.25) is 0 Å². The number of benzene rings is 1. The van der Waals surface area contributed by atoms with Gasteiger partial charge in [-0.3, -0.25) is 0 Å². The van der Waals surface area contributed by atoms with Crippen LogP contribution in [0.1, 0.15) is 50.7 Å². The van der Waals surface area contributed by atoms with Gasteiger partial charge in [0, 0.05) is 18.8 Å². The van der Waals surface area contributed by atoms with Gasteiger partial charge >= 0.3 is 0 Å². The van der Waals surface area contributed by atoms with Crippen LogP contribution in [0.3, 0.4) is 0 Å². The maximum atomic E-state index is 6.26. The molecule has 130 valence electrons. The second kappa shape index (κ2) is 7.49. The molecule has 1 aliphatic heterocycles. The molecule has 0 N–H and O–H groups in total. The van der Waals surface area contributed by atoms with Gasteiger partial charge in [-0.15, -0.1) is 0 Å². The number of rotatable bonds is 6. The van der Waals surface area contributed by atoms with Gasteiger partial charge in [0.1, 0.15) is 0 Å². The highest BCUT2D eigenvalue weighted by Crippen LogP contribution is 2.30. The van der Waals surface area contributed by atoms with Crippen molar-refractivity contribution < 1.29 is 9.47 Å². The maximum absolute atomic E-state index is 6.26. The second-order valence-corrected chi connectivity index (χ2v) is 7.11. The van der Waals surface area contributed by atoms with Crippen LogP contribution in [0.2, 0.25) is 0 Å². The lowest BCUT2D eigenvalue weighted by molar-refractivity contribution is -0.298. The lowest BCUT2D eigenvalue weighted by atomic mass is 9.98. The quantitative estimate of drug-likeness (QED) is 0.799. The van der Waals surface area contributed by atoms with E-state index in [4.69, 9.17) is 9.47 Å². The first-order valence-electron chi connectivity index (χ1n) is 8.93. The topological polar surface area (TPSA) is 36.3 Å². The fourth-order valence-corrected chi connectivity index (χ4v) is 3.23. The number of hydrogen-bond acceptors (Lipinski definition) is 3. The van der Waals surface area contributed by atoms with Gasteiger partial charge in [-0.2, -0.15) is 0 Å². The second-order valence-electron chi connectivity index (χ2n) is 7.11. The Labute approximate surface area is 144 Å². The van der Waals surface area contributed by atoms with Crippen LogP contribution in [0.5, 0.6) is 0 Å². The molecule has 1 saturated heterocycles. The Bertz CT molecular complexity index is 622. The van der Waals surface area contributed by atoms with Crippen LogP contribution in [-0.4, -0.2) is 28.0 Å². The molecule has 24 heavy (non-hydrogen) atoms. The number of imidazole rings is 1. The van der Waals surface area contributed by atoms with E-state index in [1.807, 2.05) is 17.1 Å². The van der Waals surface area contributed by atoms with Gasteiger partial charge in [-0.25, -0.2) is 4.98 Å². The third-order valence-corrected chi connectivity index (χ3v) is 4.73. The highest BCUT2D eigenvalue weighted by atomic mass is 16.7. The van der Waals surface area contributed by atoms with Gasteiger partial charge < -0.3 is 14.0 Å². The Morgan fingerprint density at radius 3 is 2.71 bits per heavy atom. The Balaban J connectivity index is 1.69. The number of aromatic nitrogens is 2. The molecule has 1 aromatic heterocycles. The molecule has 0 bridgehead atoms. The van der Waals surface area contributed by atoms with E-state index in [0.29, 0.717) is 12.5 Å². The van der Waals surface area contributed by atoms with Crippen molar-refractivity contribution in [3.8, 4) is 0 Å². The molecule has 0 amide bonds. The van der Waals surface area contributed by atoms with Crippen LogP contribution in [0.25, 0.3) is 0 Å². The summed E-state index contributed by atoms with van der Waals surface area (Å²) in [5.74, 6) is 0.00669. The molecule has 0 spiro atoms. The lowest BCUT2D eigenvalue weighted by Crippen LogP contribution is -2.47. The average molecular weight is 328 g/mol. The molecule has 0 radical (unpaired) electrons. The highest BCUT2D eigenvalue weighted by Gasteiger charge is 2.37. The van der Waals surface area contributed by atoms with Crippen molar-refractivity contribution in [2.75, 3.05) is 6.61 Å². The van der Waals surface area contributed by atoms with Gasteiger partial charge in [-0.05, 0) is 36.8 Å². The zero-order valence-electron chi connectivity index (χ0n) is 14.9. The van der Waals surface area contributed by atoms with Gasteiger partial charge in [0.15, 0.2) is 5.79 Å². The summed E-state index contributed by atoms with van der Waals surface area (Å²) < 4.78 is 14.4. The smallest absolute Gasteiger partial charge is 0.186 e. The first-order chi connectivity index (χ1) is 11.6. The third-order valence-electron chi connectivity index (χ3n) is 4.73. The minimum atomic E-state index is -0.560. The van der Waals surface area contributed by atoms with E-state index in [0.717, 1.165) is 25.9 Å². The van der Waals surface area contributed by atoms with Crippen molar-refractivity contribution in [2.24, 2.45) is 0 Å². The minimum Gasteiger partial charge on any atom is -0.348 e. The largest absolute Gasteiger partial charge is 0.348 e. The van der Waals surface area contributed by atoms with Crippen LogP contribution >= 0.6 is 0 Å². The normalized spacial score (nSPS) is 24.4. The predicted octanol–water partition coefficient (Wildman–Crippen LogP) is 4.16. The van der Waals surface area contributed by atoms with Crippen molar-refractivity contribution in [3.05, 3.63) is 54.1 Å². The van der Waals surface area contributed by atoms with E-state index in [9.17, 15) is 0 Å². The molecule has 2 unspecified atom stereocenters. The summed E-state index contributed by atoms with van der Waals surface area (Å²) in [6, 6.07) is 8.92. The van der Waals surface area contributed by atoms with E-state index in [1.165, 1.54) is 11.1 Å². The fraction of sp³-hybridized carbons (Fsp3) is 0.550. The van der Waals surface area contributed by atoms with Crippen molar-refractivity contribution in [1.29, 1.82) is 0 Å². The molecule has 1 fully saturated rings. The van der Waals surface area contributed by atoms with Crippen molar-refractivity contribution in [1.82, 2.24) is 9.55 Å². The SMILES string of the molecule is CC1CCOC(CCc2ccc(C(C)C)cc2)(Cn2ccnc2)O1. The molecule has 1 aliphatic rings. The highest BCUT2D eigenvalue weighted by molar-refractivity contribution is 5.24. The maximum Gasteiger partial charge on any atom is 0.186 e. The van der Waals surface area contributed by atoms with Crippen LogP contribution in [-0.2, 0) is 22.4 Å². The molecular weight excluding hydrogens is 300 g/mol. The van der Waals surface area contributed by atoms with Crippen molar-refractivity contribution in [2.45, 2.75) is 64.4 Å². The zero-order valence-corrected chi connectivity index (χ0v) is 14.9. The predicted molar refractivity (Wildman–Crippen MR) is 94.9 cm³/mol. The molecule has 2 heterocycles. The van der Waals surface area contributed by atoms with E-state index < -0.39 is 5.79 Å². The summed E-state index contributed by atoms with van der Waals surface area (Å²) in [6.45, 7) is 8.01. The summed E-state index contributed by atoms with van der Waals surface area (Å²) in [7, 11) is 0. The summed E-state index contributed by atoms with van der Waals surface area (Å²) in [5.41, 5.74) is 2.71. The van der Waals surface area contributed by atoms with Gasteiger partial charge in [0.05, 0.1) is 25.6 Å². The van der Waals surface area contributed by atoms with Gasteiger partial charge in [0.25, 0.3) is 0 Å². The van der Waals surface area contributed by atoms with E-state index in [1.54, 1.807) is 6.20 Å². The van der Waals surface area contributed by atoms with Crippen molar-refractivity contribution >= 4 is 0 Å². The number of hydrogen-bond donors (Lipinski definition) is 0. The molecule has 2 aromatic rings. The molecule has 1 aromatic carbocycles. The van der Waals surface area contributed by atoms with Crippen LogP contribution in [0.4, 0.5) is 0 Å². The molecule has 4 heteroatoms. The summed E-state index contributed by atoms with van der Waals surface area (Å²) in [5, 5.41) is 0. The Morgan fingerprint density at radius 1 is 1.29 bits per heavy atom. The third kappa shape index (κ3) is 4.25. The first-order valence-corrected chi connectivity index (χ1v) is 8.93. The van der Waals surface area contributed by atoms with Crippen LogP contribution < -0.4 is 0 Å². The molecule has 4 nitrogen and oxygen atoms in total. The van der Waals surface area contributed by atoms with Gasteiger partial charge in [-0.1, -0.05) is 38.1 Å². The summed E-state index contributed by atoms with van der Waals surface area (Å²) in [6.07, 6.45) is 8.55. The fourth-order valence-electron chi connectivity index (χ4n) is 3.23. The number of aryl methyl sites for hydroxylation is 1. The Morgan fingerprint density at radius 2 is 2.08 bits per heavy atom. The zero-order chi connectivity index (χ0) is 17.0. The molecule has 0 aliphatic carbocycles. The van der Waals surface area contributed by atoms with Crippen LogP contribution in [0.15, 0.2) is 43.0 Å². The summed E-state index contributed by atoms with van der Waals surface area (Å²) >= 11 is 0. The minimum absolute atomic E-state index is 0.227. The Kier molecular flexibility index (Phi) is 5.36. The van der Waals surface area contributed by atoms with Crippen LogP contribution in [0, 0.1) is 0 Å².